The number of hydrogen-bond donors (Lipinski definition) is 7. The lowest BCUT2D eigenvalue weighted by atomic mass is 9.90. The topological polar surface area (TPSA) is 176 Å². The van der Waals surface area contributed by atoms with Crippen molar-refractivity contribution in [3.8, 4) is 0 Å². The Morgan fingerprint density at radius 2 is 1.52 bits per heavy atom. The molecular formula is C12H24O9. The molecule has 0 aliphatic heterocycles. The monoisotopic (exact) mass is 312 g/mol. The van der Waals surface area contributed by atoms with Gasteiger partial charge in [0.25, 0.3) is 0 Å². The molecule has 126 valence electrons. The Hall–Kier alpha value is -1.26. The molecule has 0 saturated carbocycles. The van der Waals surface area contributed by atoms with E-state index in [0.29, 0.717) is 12.8 Å². The van der Waals surface area contributed by atoms with Gasteiger partial charge in [0.1, 0.15) is 6.10 Å². The number of carbonyl (C=O) groups is 2. The maximum absolute atomic E-state index is 10.7. The van der Waals surface area contributed by atoms with E-state index in [2.05, 4.69) is 0 Å². The molecular weight excluding hydrogens is 288 g/mol. The van der Waals surface area contributed by atoms with Crippen LogP contribution in [-0.4, -0.2) is 78.7 Å². The number of carboxylic acids is 2. The van der Waals surface area contributed by atoms with Crippen LogP contribution >= 0.6 is 0 Å². The van der Waals surface area contributed by atoms with Gasteiger partial charge in [0.05, 0.1) is 13.2 Å². The molecule has 2 atom stereocenters. The van der Waals surface area contributed by atoms with Crippen molar-refractivity contribution in [2.45, 2.75) is 50.4 Å². The summed E-state index contributed by atoms with van der Waals surface area (Å²) in [5.74, 6) is -3.45. The van der Waals surface area contributed by atoms with Crippen molar-refractivity contribution in [2.75, 3.05) is 13.2 Å². The predicted molar refractivity (Wildman–Crippen MR) is 70.5 cm³/mol. The van der Waals surface area contributed by atoms with Crippen LogP contribution in [0.4, 0.5) is 0 Å². The van der Waals surface area contributed by atoms with Gasteiger partial charge in [0.15, 0.2) is 11.7 Å². The summed E-state index contributed by atoms with van der Waals surface area (Å²) in [4.78, 5) is 21.1. The zero-order valence-corrected chi connectivity index (χ0v) is 11.8. The average Bonchev–Trinajstić information content (AvgIpc) is 2.45. The number of rotatable bonds is 9. The van der Waals surface area contributed by atoms with Crippen molar-refractivity contribution >= 4 is 11.9 Å². The molecule has 0 rings (SSSR count). The molecule has 0 saturated heterocycles. The first-order chi connectivity index (χ1) is 9.67. The fraction of sp³-hybridized carbons (Fsp3) is 0.833. The van der Waals surface area contributed by atoms with Gasteiger partial charge in [-0.3, -0.25) is 0 Å². The van der Waals surface area contributed by atoms with Gasteiger partial charge in [-0.15, -0.1) is 0 Å². The highest BCUT2D eigenvalue weighted by atomic mass is 16.4. The molecule has 2 unspecified atom stereocenters. The van der Waals surface area contributed by atoms with E-state index in [1.54, 1.807) is 0 Å². The molecule has 0 radical (unpaired) electrons. The standard InChI is InChI=1S/C9H16O6.C3H8O3/c1-2-3-4-5-9(15,8(13)14)6(10)7(11)12;4-1-3(6)2-5/h6,10,15H,2-5H2,1H3,(H,11,12)(H,13,14);3-6H,1-2H2. The van der Waals surface area contributed by atoms with Crippen LogP contribution in [0.5, 0.6) is 0 Å². The Morgan fingerprint density at radius 1 is 1.05 bits per heavy atom. The van der Waals surface area contributed by atoms with Gasteiger partial charge in [0, 0.05) is 0 Å². The molecule has 9 nitrogen and oxygen atoms in total. The molecule has 21 heavy (non-hydrogen) atoms. The summed E-state index contributed by atoms with van der Waals surface area (Å²) >= 11 is 0. The molecule has 0 bridgehead atoms. The zero-order valence-electron chi connectivity index (χ0n) is 11.8. The largest absolute Gasteiger partial charge is 0.479 e. The number of carboxylic acid groups (broad SMARTS) is 2. The van der Waals surface area contributed by atoms with E-state index in [9.17, 15) is 14.7 Å². The highest BCUT2D eigenvalue weighted by Gasteiger charge is 2.47. The molecule has 0 amide bonds. The van der Waals surface area contributed by atoms with Crippen LogP contribution in [0.25, 0.3) is 0 Å². The summed E-state index contributed by atoms with van der Waals surface area (Å²) in [6.07, 6.45) is -1.70. The Balaban J connectivity index is 0. The molecule has 9 heteroatoms. The third-order valence-electron chi connectivity index (χ3n) is 2.64. The molecule has 0 aliphatic rings. The molecule has 7 N–H and O–H groups in total. The summed E-state index contributed by atoms with van der Waals surface area (Å²) in [5.41, 5.74) is -2.60. The second-order valence-corrected chi connectivity index (χ2v) is 4.45. The van der Waals surface area contributed by atoms with Crippen molar-refractivity contribution in [3.05, 3.63) is 0 Å². The Kier molecular flexibility index (Phi) is 12.0. The number of unbranched alkanes of at least 4 members (excludes halogenated alkanes) is 2. The maximum atomic E-state index is 10.7. The lowest BCUT2D eigenvalue weighted by molar-refractivity contribution is -0.184. The minimum atomic E-state index is -2.60. The number of aliphatic carboxylic acids is 2. The van der Waals surface area contributed by atoms with Crippen molar-refractivity contribution in [1.29, 1.82) is 0 Å². The van der Waals surface area contributed by atoms with Crippen molar-refractivity contribution in [2.24, 2.45) is 0 Å². The van der Waals surface area contributed by atoms with Crippen LogP contribution < -0.4 is 0 Å². The van der Waals surface area contributed by atoms with Gasteiger partial charge in [0.2, 0.25) is 0 Å². The molecule has 0 heterocycles. The van der Waals surface area contributed by atoms with Crippen LogP contribution in [-0.2, 0) is 9.59 Å². The molecule has 0 spiro atoms. The third kappa shape index (κ3) is 8.58. The van der Waals surface area contributed by atoms with Gasteiger partial charge in [-0.1, -0.05) is 19.8 Å². The molecule has 0 aliphatic carbocycles. The van der Waals surface area contributed by atoms with Gasteiger partial charge >= 0.3 is 11.9 Å². The zero-order chi connectivity index (χ0) is 17.1. The van der Waals surface area contributed by atoms with Gasteiger partial charge in [-0.05, 0) is 12.8 Å². The van der Waals surface area contributed by atoms with Gasteiger partial charge < -0.3 is 35.7 Å². The minimum absolute atomic E-state index is 0.274. The quantitative estimate of drug-likeness (QED) is 0.241. The third-order valence-corrected chi connectivity index (χ3v) is 2.64. The van der Waals surface area contributed by atoms with E-state index in [0.717, 1.165) is 6.42 Å². The SMILES string of the molecule is CCCCCC(O)(C(=O)O)C(O)C(=O)O.OCC(O)CO. The fourth-order valence-electron chi connectivity index (χ4n) is 1.27. The number of aliphatic hydroxyl groups is 5. The van der Waals surface area contributed by atoms with E-state index in [-0.39, 0.29) is 19.6 Å². The first kappa shape index (κ1) is 22.0. The second kappa shape index (κ2) is 11.4. The lowest BCUT2D eigenvalue weighted by Crippen LogP contribution is -2.53. The first-order valence-electron chi connectivity index (χ1n) is 6.43. The Labute approximate surface area is 122 Å². The van der Waals surface area contributed by atoms with Crippen molar-refractivity contribution < 1.29 is 45.3 Å². The van der Waals surface area contributed by atoms with Crippen LogP contribution in [0.3, 0.4) is 0 Å². The Morgan fingerprint density at radius 3 is 1.76 bits per heavy atom. The van der Waals surface area contributed by atoms with Gasteiger partial charge in [-0.2, -0.15) is 0 Å². The molecule has 0 aromatic heterocycles. The van der Waals surface area contributed by atoms with E-state index >= 15 is 0 Å². The Bertz CT molecular complexity index is 303. The fourth-order valence-corrected chi connectivity index (χ4v) is 1.27. The van der Waals surface area contributed by atoms with Crippen LogP contribution in [0.15, 0.2) is 0 Å². The van der Waals surface area contributed by atoms with E-state index in [1.165, 1.54) is 0 Å². The van der Waals surface area contributed by atoms with Crippen LogP contribution in [0, 0.1) is 0 Å². The van der Waals surface area contributed by atoms with Crippen molar-refractivity contribution in [3.63, 3.8) is 0 Å². The van der Waals surface area contributed by atoms with E-state index in [1.807, 2.05) is 6.92 Å². The summed E-state index contributed by atoms with van der Waals surface area (Å²) in [6.45, 7) is 1.15. The lowest BCUT2D eigenvalue weighted by Gasteiger charge is -2.25. The van der Waals surface area contributed by atoms with Gasteiger partial charge in [-0.25, -0.2) is 9.59 Å². The number of aliphatic hydroxyl groups excluding tert-OH is 4. The second-order valence-electron chi connectivity index (χ2n) is 4.45. The summed E-state index contributed by atoms with van der Waals surface area (Å²) in [6, 6.07) is 0. The van der Waals surface area contributed by atoms with E-state index in [4.69, 9.17) is 30.6 Å². The first-order valence-corrected chi connectivity index (χ1v) is 6.43. The highest BCUT2D eigenvalue weighted by Crippen LogP contribution is 2.20. The average molecular weight is 312 g/mol. The minimum Gasteiger partial charge on any atom is -0.479 e. The molecule has 0 aromatic carbocycles. The van der Waals surface area contributed by atoms with E-state index < -0.39 is 29.7 Å². The maximum Gasteiger partial charge on any atom is 0.339 e. The summed E-state index contributed by atoms with van der Waals surface area (Å²) in [5, 5.41) is 59.8. The summed E-state index contributed by atoms with van der Waals surface area (Å²) < 4.78 is 0. The smallest absolute Gasteiger partial charge is 0.339 e. The molecule has 0 fully saturated rings. The van der Waals surface area contributed by atoms with Crippen molar-refractivity contribution in [1.82, 2.24) is 0 Å². The highest BCUT2D eigenvalue weighted by molar-refractivity contribution is 5.87. The predicted octanol–water partition coefficient (Wildman–Crippen LogP) is -1.84. The van der Waals surface area contributed by atoms with Crippen LogP contribution in [0.1, 0.15) is 32.6 Å². The normalized spacial score (nSPS) is 14.8. The number of hydrogen-bond acceptors (Lipinski definition) is 7. The van der Waals surface area contributed by atoms with Crippen LogP contribution in [0.2, 0.25) is 0 Å². The summed E-state index contributed by atoms with van der Waals surface area (Å²) in [7, 11) is 0. The molecule has 0 aromatic rings.